The summed E-state index contributed by atoms with van der Waals surface area (Å²) in [6, 6.07) is 0.0928. The highest BCUT2D eigenvalue weighted by Gasteiger charge is 2.42. The molecule has 3 N–H and O–H groups in total. The quantitative estimate of drug-likeness (QED) is 0.363. The monoisotopic (exact) mass is 295 g/mol. The number of nitrogens with two attached hydrogens (primary N) is 1. The minimum Gasteiger partial charge on any atom is -0.409 e. The molecule has 2 unspecified atom stereocenters. The summed E-state index contributed by atoms with van der Waals surface area (Å²) in [7, 11) is 0. The Morgan fingerprint density at radius 2 is 1.95 bits per heavy atom. The number of amidine groups is 1. The molecule has 21 heavy (non-hydrogen) atoms. The van der Waals surface area contributed by atoms with Gasteiger partial charge in [0.25, 0.3) is 0 Å². The Balaban J connectivity index is 1.58. The van der Waals surface area contributed by atoms with Crippen LogP contribution >= 0.6 is 0 Å². The molecule has 5 heteroatoms. The fraction of sp³-hybridized carbons (Fsp3) is 0.938. The molecule has 3 aliphatic rings. The maximum atomic E-state index is 8.97. The largest absolute Gasteiger partial charge is 0.409 e. The second-order valence-electron chi connectivity index (χ2n) is 7.05. The van der Waals surface area contributed by atoms with Gasteiger partial charge in [-0.2, -0.15) is 0 Å². The summed E-state index contributed by atoms with van der Waals surface area (Å²) in [5.74, 6) is 0.361. The van der Waals surface area contributed by atoms with E-state index in [2.05, 4.69) is 10.1 Å². The van der Waals surface area contributed by atoms with E-state index in [1.54, 1.807) is 0 Å². The number of hydrogen-bond donors (Lipinski definition) is 2. The van der Waals surface area contributed by atoms with Crippen molar-refractivity contribution in [2.75, 3.05) is 13.1 Å². The van der Waals surface area contributed by atoms with Gasteiger partial charge in [0.05, 0.1) is 17.7 Å². The van der Waals surface area contributed by atoms with Gasteiger partial charge in [-0.25, -0.2) is 0 Å². The maximum Gasteiger partial charge on any atom is 0.156 e. The van der Waals surface area contributed by atoms with Gasteiger partial charge in [0.15, 0.2) is 5.84 Å². The summed E-state index contributed by atoms with van der Waals surface area (Å²) in [5, 5.41) is 12.2. The van der Waals surface area contributed by atoms with E-state index in [0.717, 1.165) is 25.9 Å². The van der Waals surface area contributed by atoms with Crippen molar-refractivity contribution in [3.05, 3.63) is 0 Å². The number of oxime groups is 1. The van der Waals surface area contributed by atoms with E-state index in [1.165, 1.54) is 51.4 Å². The summed E-state index contributed by atoms with van der Waals surface area (Å²) < 4.78 is 6.47. The van der Waals surface area contributed by atoms with Gasteiger partial charge in [0.2, 0.25) is 0 Å². The number of ether oxygens (including phenoxy) is 1. The Bertz CT molecular complexity index is 380. The molecule has 2 atom stereocenters. The van der Waals surface area contributed by atoms with Gasteiger partial charge in [-0.15, -0.1) is 0 Å². The van der Waals surface area contributed by atoms with E-state index >= 15 is 0 Å². The van der Waals surface area contributed by atoms with E-state index < -0.39 is 0 Å². The number of likely N-dealkylation sites (tertiary alicyclic amines) is 1. The molecule has 0 bridgehead atoms. The van der Waals surface area contributed by atoms with Crippen molar-refractivity contribution >= 4 is 5.84 Å². The first-order valence-electron chi connectivity index (χ1n) is 8.62. The lowest BCUT2D eigenvalue weighted by atomic mass is 9.83. The van der Waals surface area contributed by atoms with Crippen LogP contribution in [0.1, 0.15) is 64.2 Å². The molecule has 3 rings (SSSR count). The predicted octanol–water partition coefficient (Wildman–Crippen LogP) is 2.47. The topological polar surface area (TPSA) is 71.1 Å². The van der Waals surface area contributed by atoms with Crippen LogP contribution in [0.2, 0.25) is 0 Å². The summed E-state index contributed by atoms with van der Waals surface area (Å²) in [5.41, 5.74) is 6.05. The van der Waals surface area contributed by atoms with Crippen LogP contribution in [-0.2, 0) is 4.74 Å². The zero-order valence-corrected chi connectivity index (χ0v) is 13.0. The van der Waals surface area contributed by atoms with E-state index in [-0.39, 0.29) is 11.6 Å². The summed E-state index contributed by atoms with van der Waals surface area (Å²) in [6.45, 7) is 1.97. The molecule has 1 saturated carbocycles. The van der Waals surface area contributed by atoms with Crippen LogP contribution in [0.5, 0.6) is 0 Å². The lowest BCUT2D eigenvalue weighted by Crippen LogP contribution is -2.50. The van der Waals surface area contributed by atoms with Crippen LogP contribution in [-0.4, -0.2) is 46.8 Å². The average Bonchev–Trinajstić information content (AvgIpc) is 2.90. The first-order chi connectivity index (χ1) is 10.2. The standard InChI is InChI=1S/C16H29N3O2/c17-15(18-20)14-6-2-5-11-19(14)12-13-7-10-16(21-13)8-3-1-4-9-16/h13-14,20H,1-12H2,(H2,17,18). The zero-order chi connectivity index (χ0) is 14.7. The third kappa shape index (κ3) is 3.34. The van der Waals surface area contributed by atoms with E-state index in [1.807, 2.05) is 0 Å². The molecule has 0 amide bonds. The fourth-order valence-corrected chi connectivity index (χ4v) is 4.46. The van der Waals surface area contributed by atoms with Crippen LogP contribution in [0.25, 0.3) is 0 Å². The molecule has 0 aromatic rings. The third-order valence-electron chi connectivity index (χ3n) is 5.61. The highest BCUT2D eigenvalue weighted by Crippen LogP contribution is 2.42. The molecule has 5 nitrogen and oxygen atoms in total. The van der Waals surface area contributed by atoms with Gasteiger partial charge < -0.3 is 15.7 Å². The summed E-state index contributed by atoms with van der Waals surface area (Å²) >= 11 is 0. The summed E-state index contributed by atoms with van der Waals surface area (Å²) in [4.78, 5) is 2.37. The molecule has 3 fully saturated rings. The van der Waals surface area contributed by atoms with Crippen molar-refractivity contribution in [3.8, 4) is 0 Å². The van der Waals surface area contributed by atoms with Crippen molar-refractivity contribution < 1.29 is 9.94 Å². The molecular weight excluding hydrogens is 266 g/mol. The molecule has 0 aromatic heterocycles. The molecule has 1 spiro atoms. The van der Waals surface area contributed by atoms with Crippen molar-refractivity contribution in [1.82, 2.24) is 4.90 Å². The lowest BCUT2D eigenvalue weighted by Gasteiger charge is -2.37. The minimum atomic E-state index is 0.0928. The van der Waals surface area contributed by atoms with E-state index in [4.69, 9.17) is 15.7 Å². The second kappa shape index (κ2) is 6.53. The predicted molar refractivity (Wildman–Crippen MR) is 82.5 cm³/mol. The molecule has 0 radical (unpaired) electrons. The second-order valence-corrected chi connectivity index (χ2v) is 7.05. The Kier molecular flexibility index (Phi) is 4.69. The highest BCUT2D eigenvalue weighted by molar-refractivity contribution is 5.85. The molecule has 0 aromatic carbocycles. The average molecular weight is 295 g/mol. The van der Waals surface area contributed by atoms with Gasteiger partial charge in [-0.3, -0.25) is 4.90 Å². The number of rotatable bonds is 3. The van der Waals surface area contributed by atoms with Crippen LogP contribution in [0.3, 0.4) is 0 Å². The lowest BCUT2D eigenvalue weighted by molar-refractivity contribution is -0.0745. The first-order valence-corrected chi connectivity index (χ1v) is 8.62. The Hall–Kier alpha value is -0.810. The SMILES string of the molecule is NC(=NO)C1CCCCN1CC1CCC2(CCCCC2)O1. The third-order valence-corrected chi connectivity index (χ3v) is 5.61. The van der Waals surface area contributed by atoms with Crippen molar-refractivity contribution in [3.63, 3.8) is 0 Å². The smallest absolute Gasteiger partial charge is 0.156 e. The number of piperidine rings is 1. The van der Waals surface area contributed by atoms with E-state index in [0.29, 0.717) is 11.9 Å². The molecule has 2 saturated heterocycles. The van der Waals surface area contributed by atoms with Gasteiger partial charge >= 0.3 is 0 Å². The molecule has 2 aliphatic heterocycles. The van der Waals surface area contributed by atoms with Crippen molar-refractivity contribution in [1.29, 1.82) is 0 Å². The Labute approximate surface area is 127 Å². The normalized spacial score (nSPS) is 34.4. The molecule has 2 heterocycles. The molecule has 120 valence electrons. The first kappa shape index (κ1) is 15.1. The van der Waals surface area contributed by atoms with Crippen molar-refractivity contribution in [2.45, 2.75) is 82.0 Å². The molecular formula is C16H29N3O2. The van der Waals surface area contributed by atoms with Crippen molar-refractivity contribution in [2.24, 2.45) is 10.9 Å². The minimum absolute atomic E-state index is 0.0928. The fourth-order valence-electron chi connectivity index (χ4n) is 4.46. The van der Waals surface area contributed by atoms with Gasteiger partial charge in [0, 0.05) is 6.54 Å². The van der Waals surface area contributed by atoms with Crippen LogP contribution in [0.4, 0.5) is 0 Å². The Morgan fingerprint density at radius 3 is 2.71 bits per heavy atom. The van der Waals surface area contributed by atoms with Crippen LogP contribution in [0, 0.1) is 0 Å². The van der Waals surface area contributed by atoms with E-state index in [9.17, 15) is 0 Å². The van der Waals surface area contributed by atoms with Gasteiger partial charge in [-0.1, -0.05) is 30.8 Å². The Morgan fingerprint density at radius 1 is 1.14 bits per heavy atom. The van der Waals surface area contributed by atoms with Crippen LogP contribution < -0.4 is 5.73 Å². The highest BCUT2D eigenvalue weighted by atomic mass is 16.5. The number of hydrogen-bond acceptors (Lipinski definition) is 4. The van der Waals surface area contributed by atoms with Gasteiger partial charge in [-0.05, 0) is 45.1 Å². The zero-order valence-electron chi connectivity index (χ0n) is 13.0. The maximum absolute atomic E-state index is 8.97. The molecule has 1 aliphatic carbocycles. The summed E-state index contributed by atoms with van der Waals surface area (Å²) in [6.07, 6.45) is 12.6. The van der Waals surface area contributed by atoms with Crippen LogP contribution in [0.15, 0.2) is 5.16 Å². The number of nitrogens with zero attached hydrogens (tertiary/aromatic N) is 2. The van der Waals surface area contributed by atoms with Gasteiger partial charge in [0.1, 0.15) is 0 Å².